The van der Waals surface area contributed by atoms with E-state index in [-0.39, 0.29) is 12.1 Å². The summed E-state index contributed by atoms with van der Waals surface area (Å²) in [5, 5.41) is 0. The molecule has 0 bridgehead atoms. The van der Waals surface area contributed by atoms with Crippen molar-refractivity contribution in [2.45, 2.75) is 58.6 Å². The van der Waals surface area contributed by atoms with Crippen LogP contribution in [0.1, 0.15) is 51.5 Å². The number of rotatable bonds is 10. The second-order valence-electron chi connectivity index (χ2n) is 5.62. The Kier molecular flexibility index (Phi) is 9.72. The van der Waals surface area contributed by atoms with Crippen LogP contribution in [0.15, 0.2) is 30.3 Å². The predicted molar refractivity (Wildman–Crippen MR) is 92.3 cm³/mol. The minimum Gasteiger partial charge on any atom is -0.445 e. The minimum atomic E-state index is -0.212. The molecular formula is C18H28ClNO2. The van der Waals surface area contributed by atoms with Gasteiger partial charge >= 0.3 is 6.09 Å². The zero-order valence-corrected chi connectivity index (χ0v) is 14.5. The van der Waals surface area contributed by atoms with Gasteiger partial charge < -0.3 is 9.64 Å². The van der Waals surface area contributed by atoms with Gasteiger partial charge in [0.2, 0.25) is 0 Å². The summed E-state index contributed by atoms with van der Waals surface area (Å²) >= 11 is 5.70. The zero-order chi connectivity index (χ0) is 16.2. The minimum absolute atomic E-state index is 0.212. The molecule has 1 aromatic carbocycles. The molecule has 0 spiro atoms. The molecule has 0 fully saturated rings. The molecule has 1 aromatic rings. The molecule has 4 heteroatoms. The molecule has 124 valence electrons. The molecule has 0 aliphatic carbocycles. The number of hydrogen-bond donors (Lipinski definition) is 0. The van der Waals surface area contributed by atoms with Crippen molar-refractivity contribution in [2.24, 2.45) is 0 Å². The van der Waals surface area contributed by atoms with Crippen LogP contribution >= 0.6 is 11.6 Å². The van der Waals surface area contributed by atoms with Crippen molar-refractivity contribution in [1.29, 1.82) is 0 Å². The van der Waals surface area contributed by atoms with Crippen LogP contribution in [0, 0.1) is 0 Å². The van der Waals surface area contributed by atoms with Crippen molar-refractivity contribution in [3.63, 3.8) is 0 Å². The molecule has 0 heterocycles. The average molecular weight is 326 g/mol. The van der Waals surface area contributed by atoms with E-state index in [0.29, 0.717) is 12.5 Å². The molecule has 0 unspecified atom stereocenters. The summed E-state index contributed by atoms with van der Waals surface area (Å²) in [5.74, 6) is 0.683. The van der Waals surface area contributed by atoms with Crippen molar-refractivity contribution in [3.05, 3.63) is 35.9 Å². The summed E-state index contributed by atoms with van der Waals surface area (Å²) in [6.45, 7) is 5.30. The van der Waals surface area contributed by atoms with Crippen molar-refractivity contribution in [1.82, 2.24) is 4.90 Å². The van der Waals surface area contributed by atoms with Gasteiger partial charge in [-0.25, -0.2) is 4.79 Å². The number of benzene rings is 1. The highest BCUT2D eigenvalue weighted by atomic mass is 35.5. The quantitative estimate of drug-likeness (QED) is 0.436. The Morgan fingerprint density at radius 2 is 1.95 bits per heavy atom. The fourth-order valence-corrected chi connectivity index (χ4v) is 2.61. The van der Waals surface area contributed by atoms with Gasteiger partial charge in [-0.3, -0.25) is 0 Å². The maximum absolute atomic E-state index is 12.4. The first-order valence-electron chi connectivity index (χ1n) is 8.22. The van der Waals surface area contributed by atoms with Crippen LogP contribution in [0.5, 0.6) is 0 Å². The predicted octanol–water partition coefficient (Wildman–Crippen LogP) is 5.22. The number of nitrogens with zero attached hydrogens (tertiary/aromatic N) is 1. The molecule has 0 saturated carbocycles. The van der Waals surface area contributed by atoms with Gasteiger partial charge in [-0.1, -0.05) is 50.1 Å². The first kappa shape index (κ1) is 18.8. The standard InChI is InChI=1S/C18H28ClNO2/c1-3-10-16(2)20(14-9-5-8-13-19)18(21)22-15-17-11-6-4-7-12-17/h4,6-7,11-12,16H,3,5,8-10,13-15H2,1-2H3/t16-/m0/s1. The molecule has 22 heavy (non-hydrogen) atoms. The van der Waals surface area contributed by atoms with Gasteiger partial charge in [-0.2, -0.15) is 0 Å². The van der Waals surface area contributed by atoms with Gasteiger partial charge in [-0.15, -0.1) is 11.6 Å². The molecule has 0 radical (unpaired) electrons. The van der Waals surface area contributed by atoms with E-state index >= 15 is 0 Å². The van der Waals surface area contributed by atoms with Crippen molar-refractivity contribution in [2.75, 3.05) is 12.4 Å². The maximum atomic E-state index is 12.4. The van der Waals surface area contributed by atoms with Gasteiger partial charge in [0, 0.05) is 18.5 Å². The van der Waals surface area contributed by atoms with Crippen LogP contribution in [0.4, 0.5) is 4.79 Å². The fourth-order valence-electron chi connectivity index (χ4n) is 2.42. The number of ether oxygens (including phenoxy) is 1. The zero-order valence-electron chi connectivity index (χ0n) is 13.8. The van der Waals surface area contributed by atoms with Crippen LogP contribution in [0.2, 0.25) is 0 Å². The lowest BCUT2D eigenvalue weighted by molar-refractivity contribution is 0.0806. The lowest BCUT2D eigenvalue weighted by Crippen LogP contribution is -2.39. The number of hydrogen-bond acceptors (Lipinski definition) is 2. The van der Waals surface area contributed by atoms with E-state index in [1.807, 2.05) is 35.2 Å². The van der Waals surface area contributed by atoms with Crippen LogP contribution in [-0.4, -0.2) is 29.5 Å². The Labute approximate surface area is 139 Å². The summed E-state index contributed by atoms with van der Waals surface area (Å²) in [6.07, 6.45) is 4.86. The Balaban J connectivity index is 2.50. The maximum Gasteiger partial charge on any atom is 0.410 e. The molecule has 0 aliphatic rings. The Morgan fingerprint density at radius 1 is 1.23 bits per heavy atom. The highest BCUT2D eigenvalue weighted by Gasteiger charge is 2.20. The van der Waals surface area contributed by atoms with E-state index in [1.54, 1.807) is 0 Å². The number of amides is 1. The third-order valence-corrected chi connectivity index (χ3v) is 3.98. The highest BCUT2D eigenvalue weighted by molar-refractivity contribution is 6.17. The Morgan fingerprint density at radius 3 is 2.59 bits per heavy atom. The molecule has 1 rings (SSSR count). The van der Waals surface area contributed by atoms with E-state index in [9.17, 15) is 4.79 Å². The third kappa shape index (κ3) is 7.17. The Hall–Kier alpha value is -1.22. The lowest BCUT2D eigenvalue weighted by atomic mass is 10.1. The summed E-state index contributed by atoms with van der Waals surface area (Å²) < 4.78 is 5.48. The average Bonchev–Trinajstić information content (AvgIpc) is 2.54. The van der Waals surface area contributed by atoms with Crippen LogP contribution in [0.3, 0.4) is 0 Å². The van der Waals surface area contributed by atoms with Gasteiger partial charge in [0.15, 0.2) is 0 Å². The second-order valence-corrected chi connectivity index (χ2v) is 6.00. The van der Waals surface area contributed by atoms with Crippen LogP contribution in [-0.2, 0) is 11.3 Å². The first-order valence-corrected chi connectivity index (χ1v) is 8.75. The summed E-state index contributed by atoms with van der Waals surface area (Å²) in [5.41, 5.74) is 1.01. The number of unbranched alkanes of at least 4 members (excludes halogenated alkanes) is 2. The number of halogens is 1. The van der Waals surface area contributed by atoms with Crippen molar-refractivity contribution >= 4 is 17.7 Å². The first-order chi connectivity index (χ1) is 10.7. The largest absolute Gasteiger partial charge is 0.445 e. The number of carbonyl (C=O) groups excluding carboxylic acids is 1. The smallest absolute Gasteiger partial charge is 0.410 e. The molecule has 0 saturated heterocycles. The van der Waals surface area contributed by atoms with Crippen LogP contribution < -0.4 is 0 Å². The number of alkyl halides is 1. The topological polar surface area (TPSA) is 29.5 Å². The molecule has 0 aromatic heterocycles. The van der Waals surface area contributed by atoms with Gasteiger partial charge in [-0.05, 0) is 31.7 Å². The van der Waals surface area contributed by atoms with Crippen molar-refractivity contribution < 1.29 is 9.53 Å². The fraction of sp³-hybridized carbons (Fsp3) is 0.611. The monoisotopic (exact) mass is 325 g/mol. The Bertz CT molecular complexity index is 411. The van der Waals surface area contributed by atoms with E-state index in [0.717, 1.165) is 44.2 Å². The van der Waals surface area contributed by atoms with Gasteiger partial charge in [0.1, 0.15) is 6.61 Å². The molecule has 1 atom stereocenters. The van der Waals surface area contributed by atoms with Crippen LogP contribution in [0.25, 0.3) is 0 Å². The molecule has 0 aliphatic heterocycles. The van der Waals surface area contributed by atoms with Gasteiger partial charge in [0.05, 0.1) is 0 Å². The molecule has 3 nitrogen and oxygen atoms in total. The third-order valence-electron chi connectivity index (χ3n) is 3.71. The highest BCUT2D eigenvalue weighted by Crippen LogP contribution is 2.12. The van der Waals surface area contributed by atoms with E-state index in [2.05, 4.69) is 13.8 Å². The van der Waals surface area contributed by atoms with Gasteiger partial charge in [0.25, 0.3) is 0 Å². The molecular weight excluding hydrogens is 298 g/mol. The molecule has 0 N–H and O–H groups in total. The number of carbonyl (C=O) groups is 1. The van der Waals surface area contributed by atoms with E-state index < -0.39 is 0 Å². The lowest BCUT2D eigenvalue weighted by Gasteiger charge is -2.28. The summed E-state index contributed by atoms with van der Waals surface area (Å²) in [6, 6.07) is 10.0. The molecule has 1 amide bonds. The summed E-state index contributed by atoms with van der Waals surface area (Å²) in [7, 11) is 0. The van der Waals surface area contributed by atoms with Crippen molar-refractivity contribution in [3.8, 4) is 0 Å². The normalized spacial score (nSPS) is 12.0. The van der Waals surface area contributed by atoms with E-state index in [1.165, 1.54) is 0 Å². The summed E-state index contributed by atoms with van der Waals surface area (Å²) in [4.78, 5) is 14.2. The second kappa shape index (κ2) is 11.4. The van der Waals surface area contributed by atoms with E-state index in [4.69, 9.17) is 16.3 Å². The SMILES string of the molecule is CCC[C@H](C)N(CCCCCCl)C(=O)OCc1ccccc1.